The van der Waals surface area contributed by atoms with Gasteiger partial charge in [0.2, 0.25) is 5.95 Å². The average Bonchev–Trinajstić information content (AvgIpc) is 3.01. The van der Waals surface area contributed by atoms with Gasteiger partial charge in [-0.05, 0) is 25.1 Å². The molecular formula is C20H17ClFN7S. The van der Waals surface area contributed by atoms with Crippen LogP contribution in [0.4, 0.5) is 21.3 Å². The molecule has 7 nitrogen and oxygen atoms in total. The fourth-order valence-corrected chi connectivity index (χ4v) is 5.39. The highest BCUT2D eigenvalue weighted by molar-refractivity contribution is 7.22. The summed E-state index contributed by atoms with van der Waals surface area (Å²) in [6, 6.07) is 7.13. The molecule has 0 aliphatic carbocycles. The summed E-state index contributed by atoms with van der Waals surface area (Å²) in [5, 5.41) is 4.48. The quantitative estimate of drug-likeness (QED) is 0.437. The zero-order valence-corrected chi connectivity index (χ0v) is 17.3. The smallest absolute Gasteiger partial charge is 0.228 e. The molecule has 2 fully saturated rings. The van der Waals surface area contributed by atoms with Crippen LogP contribution in [0.3, 0.4) is 0 Å². The number of hydrogen-bond donors (Lipinski definition) is 3. The second-order valence-electron chi connectivity index (χ2n) is 7.87. The first-order valence-electron chi connectivity index (χ1n) is 9.55. The number of thiazole rings is 1. The van der Waals surface area contributed by atoms with E-state index in [0.29, 0.717) is 27.5 Å². The molecule has 0 radical (unpaired) electrons. The molecular weight excluding hydrogens is 425 g/mol. The lowest BCUT2D eigenvalue weighted by atomic mass is 9.80. The molecule has 2 saturated heterocycles. The Hall–Kier alpha value is -2.75. The van der Waals surface area contributed by atoms with E-state index in [2.05, 4.69) is 20.3 Å². The maximum absolute atomic E-state index is 15.8. The summed E-state index contributed by atoms with van der Waals surface area (Å²) in [5.41, 5.74) is 13.8. The molecule has 2 aliphatic rings. The second-order valence-corrected chi connectivity index (χ2v) is 9.34. The molecule has 2 aromatic heterocycles. The van der Waals surface area contributed by atoms with E-state index in [1.165, 1.54) is 11.3 Å². The number of nitrogens with two attached hydrogens (primary N) is 2. The molecule has 0 atom stereocenters. The molecule has 4 aromatic rings. The van der Waals surface area contributed by atoms with Gasteiger partial charge in [-0.25, -0.2) is 14.4 Å². The summed E-state index contributed by atoms with van der Waals surface area (Å²) in [4.78, 5) is 15.3. The molecule has 1 spiro atoms. The van der Waals surface area contributed by atoms with E-state index in [9.17, 15) is 0 Å². The van der Waals surface area contributed by atoms with Crippen LogP contribution in [0.15, 0.2) is 24.3 Å². The third-order valence-corrected chi connectivity index (χ3v) is 7.13. The Morgan fingerprint density at radius 2 is 1.97 bits per heavy atom. The Morgan fingerprint density at radius 3 is 2.70 bits per heavy atom. The number of hydrogen-bond acceptors (Lipinski definition) is 8. The van der Waals surface area contributed by atoms with Crippen molar-refractivity contribution >= 4 is 61.0 Å². The number of fused-ring (bicyclic) bond motifs is 2. The topological polar surface area (TPSA) is 106 Å². The number of rotatable bonds is 2. The van der Waals surface area contributed by atoms with Gasteiger partial charge in [0.25, 0.3) is 0 Å². The first kappa shape index (κ1) is 18.1. The number of anilines is 3. The number of nitrogen functional groups attached to an aromatic ring is 2. The van der Waals surface area contributed by atoms with Crippen molar-refractivity contribution in [2.75, 3.05) is 36.0 Å². The van der Waals surface area contributed by atoms with Crippen LogP contribution in [-0.4, -0.2) is 40.1 Å². The third kappa shape index (κ3) is 2.49. The van der Waals surface area contributed by atoms with Crippen molar-refractivity contribution in [2.24, 2.45) is 0 Å². The Morgan fingerprint density at radius 1 is 1.17 bits per heavy atom. The average molecular weight is 442 g/mol. The minimum absolute atomic E-state index is 0.150. The van der Waals surface area contributed by atoms with Crippen molar-refractivity contribution in [3.8, 4) is 11.1 Å². The predicted octanol–water partition coefficient (Wildman–Crippen LogP) is 3.42. The van der Waals surface area contributed by atoms with Crippen molar-refractivity contribution in [3.63, 3.8) is 0 Å². The second kappa shape index (κ2) is 6.13. The van der Waals surface area contributed by atoms with E-state index in [1.54, 1.807) is 12.1 Å². The lowest BCUT2D eigenvalue weighted by Crippen LogP contribution is -2.76. The standard InChI is InChI=1S/C20H17ClFN7S/c21-11-6-10-16(27-19(28-17(10)23)29-7-20(8-29)4-5-25-20)14(22)13(11)9-2-1-3-12-15(9)26-18(24)30-12/h1-3,6,25H,4-5,7-8H2,(H2,24,26)(H2,23,27,28). The highest BCUT2D eigenvalue weighted by atomic mass is 35.5. The fourth-order valence-electron chi connectivity index (χ4n) is 4.34. The maximum Gasteiger partial charge on any atom is 0.228 e. The molecule has 0 saturated carbocycles. The summed E-state index contributed by atoms with van der Waals surface area (Å²) in [7, 11) is 0. The van der Waals surface area contributed by atoms with Gasteiger partial charge in [0, 0.05) is 29.6 Å². The Kier molecular flexibility index (Phi) is 3.69. The van der Waals surface area contributed by atoms with Crippen molar-refractivity contribution in [3.05, 3.63) is 35.1 Å². The minimum Gasteiger partial charge on any atom is -0.383 e. The minimum atomic E-state index is -0.538. The zero-order valence-electron chi connectivity index (χ0n) is 15.7. The van der Waals surface area contributed by atoms with Crippen LogP contribution in [0.1, 0.15) is 6.42 Å². The Labute approximate surface area is 179 Å². The summed E-state index contributed by atoms with van der Waals surface area (Å²) in [6.07, 6.45) is 1.13. The first-order valence-corrected chi connectivity index (χ1v) is 10.7. The van der Waals surface area contributed by atoms with Crippen LogP contribution in [0.25, 0.3) is 32.2 Å². The lowest BCUT2D eigenvalue weighted by molar-refractivity contribution is 0.158. The number of nitrogens with one attached hydrogen (secondary N) is 1. The SMILES string of the molecule is Nc1nc2c(-c3c(Cl)cc4c(N)nc(N5CC6(CCN6)C5)nc4c3F)cccc2s1. The molecule has 2 aromatic carbocycles. The molecule has 4 heterocycles. The monoisotopic (exact) mass is 441 g/mol. The predicted molar refractivity (Wildman–Crippen MR) is 120 cm³/mol. The highest BCUT2D eigenvalue weighted by Gasteiger charge is 2.48. The molecule has 0 unspecified atom stereocenters. The number of aromatic nitrogens is 3. The molecule has 2 aliphatic heterocycles. The molecule has 0 bridgehead atoms. The number of halogens is 2. The molecule has 0 amide bonds. The largest absolute Gasteiger partial charge is 0.383 e. The van der Waals surface area contributed by atoms with Crippen LogP contribution in [-0.2, 0) is 0 Å². The summed E-state index contributed by atoms with van der Waals surface area (Å²) in [6.45, 7) is 2.60. The zero-order chi connectivity index (χ0) is 20.6. The van der Waals surface area contributed by atoms with Crippen LogP contribution < -0.4 is 21.7 Å². The highest BCUT2D eigenvalue weighted by Crippen LogP contribution is 2.41. The van der Waals surface area contributed by atoms with Gasteiger partial charge in [-0.3, -0.25) is 0 Å². The van der Waals surface area contributed by atoms with E-state index in [-0.39, 0.29) is 27.5 Å². The maximum atomic E-state index is 15.8. The van der Waals surface area contributed by atoms with E-state index < -0.39 is 5.82 Å². The van der Waals surface area contributed by atoms with Crippen molar-refractivity contribution in [1.29, 1.82) is 0 Å². The summed E-state index contributed by atoms with van der Waals surface area (Å²) < 4.78 is 16.7. The number of benzene rings is 2. The van der Waals surface area contributed by atoms with Gasteiger partial charge in [-0.2, -0.15) is 4.98 Å². The van der Waals surface area contributed by atoms with Crippen molar-refractivity contribution < 1.29 is 4.39 Å². The van der Waals surface area contributed by atoms with E-state index in [1.807, 2.05) is 17.0 Å². The summed E-state index contributed by atoms with van der Waals surface area (Å²) >= 11 is 7.85. The first-order chi connectivity index (χ1) is 14.4. The van der Waals surface area contributed by atoms with Crippen molar-refractivity contribution in [1.82, 2.24) is 20.3 Å². The van der Waals surface area contributed by atoms with Gasteiger partial charge in [0.1, 0.15) is 11.3 Å². The molecule has 5 N–H and O–H groups in total. The van der Waals surface area contributed by atoms with E-state index in [0.717, 1.165) is 30.8 Å². The Balaban J connectivity index is 1.53. The number of para-hydroxylation sites is 1. The fraction of sp³-hybridized carbons (Fsp3) is 0.250. The number of nitrogens with zero attached hydrogens (tertiary/aromatic N) is 4. The molecule has 152 valence electrons. The van der Waals surface area contributed by atoms with Crippen LogP contribution in [0.5, 0.6) is 0 Å². The van der Waals surface area contributed by atoms with Gasteiger partial charge in [-0.15, -0.1) is 0 Å². The van der Waals surface area contributed by atoms with Gasteiger partial charge in [-0.1, -0.05) is 35.1 Å². The molecule has 30 heavy (non-hydrogen) atoms. The van der Waals surface area contributed by atoms with E-state index >= 15 is 4.39 Å². The van der Waals surface area contributed by atoms with Gasteiger partial charge in [0.05, 0.1) is 20.8 Å². The molecule has 6 rings (SSSR count). The third-order valence-electron chi connectivity index (χ3n) is 5.98. The van der Waals surface area contributed by atoms with Crippen LogP contribution in [0, 0.1) is 5.82 Å². The van der Waals surface area contributed by atoms with Crippen molar-refractivity contribution in [2.45, 2.75) is 12.0 Å². The normalized spacial score (nSPS) is 17.5. The van der Waals surface area contributed by atoms with Crippen LogP contribution >= 0.6 is 22.9 Å². The lowest BCUT2D eigenvalue weighted by Gasteiger charge is -2.56. The summed E-state index contributed by atoms with van der Waals surface area (Å²) in [5.74, 6) is 0.104. The Bertz CT molecular complexity index is 1340. The van der Waals surface area contributed by atoms with Gasteiger partial charge >= 0.3 is 0 Å². The van der Waals surface area contributed by atoms with Crippen LogP contribution in [0.2, 0.25) is 5.02 Å². The van der Waals surface area contributed by atoms with Gasteiger partial charge < -0.3 is 21.7 Å². The van der Waals surface area contributed by atoms with E-state index in [4.69, 9.17) is 23.1 Å². The molecule has 10 heteroatoms. The van der Waals surface area contributed by atoms with Gasteiger partial charge in [0.15, 0.2) is 10.9 Å².